The number of esters is 1. The molecule has 0 fully saturated rings. The lowest BCUT2D eigenvalue weighted by Gasteiger charge is -2.11. The minimum absolute atomic E-state index is 0.207. The van der Waals surface area contributed by atoms with Gasteiger partial charge in [-0.3, -0.25) is 4.79 Å². The molecule has 0 aliphatic rings. The van der Waals surface area contributed by atoms with Crippen LogP contribution in [0.15, 0.2) is 60.7 Å². The number of hydrogen-bond acceptors (Lipinski definition) is 5. The Labute approximate surface area is 205 Å². The van der Waals surface area contributed by atoms with Crippen LogP contribution in [0.3, 0.4) is 0 Å². The molecule has 0 amide bonds. The van der Waals surface area contributed by atoms with E-state index in [2.05, 4.69) is 4.74 Å². The van der Waals surface area contributed by atoms with E-state index in [9.17, 15) is 14.0 Å². The van der Waals surface area contributed by atoms with Gasteiger partial charge in [0.15, 0.2) is 5.75 Å². The van der Waals surface area contributed by atoms with Gasteiger partial charge in [-0.25, -0.2) is 9.18 Å². The maximum atomic E-state index is 13.9. The number of rotatable bonds is 6. The van der Waals surface area contributed by atoms with E-state index in [0.717, 1.165) is 16.7 Å². The molecular formula is C27H20ClFO4S. The van der Waals surface area contributed by atoms with Crippen molar-refractivity contribution in [2.45, 2.75) is 13.8 Å². The van der Waals surface area contributed by atoms with Gasteiger partial charge in [0.05, 0.1) is 7.11 Å². The van der Waals surface area contributed by atoms with Crippen molar-refractivity contribution in [2.24, 2.45) is 0 Å². The van der Waals surface area contributed by atoms with Crippen LogP contribution < -0.4 is 4.74 Å². The monoisotopic (exact) mass is 494 g/mol. The second kappa shape index (κ2) is 9.79. The predicted molar refractivity (Wildman–Crippen MR) is 134 cm³/mol. The first kappa shape index (κ1) is 23.7. The van der Waals surface area contributed by atoms with Gasteiger partial charge in [0.2, 0.25) is 5.78 Å². The van der Waals surface area contributed by atoms with Gasteiger partial charge in [-0.15, -0.1) is 11.3 Å². The highest BCUT2D eigenvalue weighted by molar-refractivity contribution is 7.21. The summed E-state index contributed by atoms with van der Waals surface area (Å²) in [5, 5.41) is 1.21. The largest absolute Gasteiger partial charge is 0.466 e. The van der Waals surface area contributed by atoms with Crippen molar-refractivity contribution in [3.63, 3.8) is 0 Å². The molecule has 0 aliphatic heterocycles. The number of benzene rings is 3. The zero-order chi connectivity index (χ0) is 24.4. The minimum atomic E-state index is -0.451. The fourth-order valence-corrected chi connectivity index (χ4v) is 5.11. The lowest BCUT2D eigenvalue weighted by atomic mass is 9.98. The Kier molecular flexibility index (Phi) is 6.82. The number of methoxy groups -OCH3 is 1. The molecular weight excluding hydrogens is 475 g/mol. The van der Waals surface area contributed by atoms with E-state index in [-0.39, 0.29) is 11.6 Å². The van der Waals surface area contributed by atoms with Crippen molar-refractivity contribution in [1.29, 1.82) is 0 Å². The second-order valence-electron chi connectivity index (χ2n) is 7.67. The third-order valence-electron chi connectivity index (χ3n) is 5.25. The van der Waals surface area contributed by atoms with Crippen molar-refractivity contribution in [3.05, 3.63) is 98.6 Å². The van der Waals surface area contributed by atoms with Crippen LogP contribution in [-0.2, 0) is 9.53 Å². The Bertz CT molecular complexity index is 1410. The average Bonchev–Trinajstić information content (AvgIpc) is 3.14. The minimum Gasteiger partial charge on any atom is -0.466 e. The van der Waals surface area contributed by atoms with Crippen LogP contribution >= 0.6 is 22.9 Å². The number of halogens is 2. The molecule has 0 radical (unpaired) electrons. The molecule has 1 heterocycles. The van der Waals surface area contributed by atoms with Crippen molar-refractivity contribution in [1.82, 2.24) is 0 Å². The number of aryl methyl sites for hydroxylation is 2. The topological polar surface area (TPSA) is 52.6 Å². The van der Waals surface area contributed by atoms with E-state index in [0.29, 0.717) is 37.0 Å². The van der Waals surface area contributed by atoms with Crippen LogP contribution in [0.2, 0.25) is 5.02 Å². The summed E-state index contributed by atoms with van der Waals surface area (Å²) in [5.41, 5.74) is 2.83. The summed E-state index contributed by atoms with van der Waals surface area (Å²) < 4.78 is 25.3. The quantitative estimate of drug-likeness (QED) is 0.158. The Hall–Kier alpha value is -3.48. The molecule has 0 unspecified atom stereocenters. The Morgan fingerprint density at radius 2 is 1.68 bits per heavy atom. The standard InChI is InChI=1S/C27H20ClFO4S/c1-15-12-18(28)13-16(2)24(15)25(31)27-26(21-10-7-19(29)14-22(21)34-27)33-20-8-4-17(5-9-20)6-11-23(30)32-3/h4-14H,1-3H3/b11-6+. The van der Waals surface area contributed by atoms with Crippen molar-refractivity contribution in [3.8, 4) is 11.5 Å². The molecule has 0 atom stereocenters. The fraction of sp³-hybridized carbons (Fsp3) is 0.111. The molecule has 1 aromatic heterocycles. The lowest BCUT2D eigenvalue weighted by Crippen LogP contribution is -2.06. The summed E-state index contributed by atoms with van der Waals surface area (Å²) in [6, 6.07) is 14.9. The fourth-order valence-electron chi connectivity index (χ4n) is 3.68. The predicted octanol–water partition coefficient (Wildman–Crippen LogP) is 7.52. The first-order valence-corrected chi connectivity index (χ1v) is 11.5. The number of hydrogen-bond donors (Lipinski definition) is 0. The maximum absolute atomic E-state index is 13.9. The van der Waals surface area contributed by atoms with Gasteiger partial charge in [0.25, 0.3) is 0 Å². The van der Waals surface area contributed by atoms with Crippen LogP contribution in [0.1, 0.15) is 31.9 Å². The normalized spacial score (nSPS) is 11.2. The van der Waals surface area contributed by atoms with E-state index in [1.807, 2.05) is 13.8 Å². The molecule has 0 saturated carbocycles. The van der Waals surface area contributed by atoms with Gasteiger partial charge in [-0.2, -0.15) is 0 Å². The average molecular weight is 495 g/mol. The van der Waals surface area contributed by atoms with Crippen LogP contribution in [0.4, 0.5) is 4.39 Å². The molecule has 4 aromatic rings. The molecule has 34 heavy (non-hydrogen) atoms. The highest BCUT2D eigenvalue weighted by Crippen LogP contribution is 2.42. The van der Waals surface area contributed by atoms with Crippen molar-refractivity contribution in [2.75, 3.05) is 7.11 Å². The summed E-state index contributed by atoms with van der Waals surface area (Å²) in [5.74, 6) is -0.177. The van der Waals surface area contributed by atoms with E-state index in [4.69, 9.17) is 16.3 Å². The van der Waals surface area contributed by atoms with Gasteiger partial charge in [0, 0.05) is 26.7 Å². The zero-order valence-corrected chi connectivity index (χ0v) is 20.2. The molecule has 0 aliphatic carbocycles. The molecule has 4 rings (SSSR count). The van der Waals surface area contributed by atoms with Crippen LogP contribution in [-0.4, -0.2) is 18.9 Å². The van der Waals surface area contributed by atoms with E-state index < -0.39 is 5.97 Å². The summed E-state index contributed by atoms with van der Waals surface area (Å²) >= 11 is 7.34. The van der Waals surface area contributed by atoms with Gasteiger partial charge in [-0.1, -0.05) is 23.7 Å². The highest BCUT2D eigenvalue weighted by atomic mass is 35.5. The van der Waals surface area contributed by atoms with Crippen molar-refractivity contribution >= 4 is 50.9 Å². The van der Waals surface area contributed by atoms with Gasteiger partial charge >= 0.3 is 5.97 Å². The van der Waals surface area contributed by atoms with Gasteiger partial charge in [-0.05, 0) is 79.1 Å². The third kappa shape index (κ3) is 4.88. The molecule has 0 spiro atoms. The van der Waals surface area contributed by atoms with Crippen LogP contribution in [0.5, 0.6) is 11.5 Å². The summed E-state index contributed by atoms with van der Waals surface area (Å²) in [4.78, 5) is 25.3. The number of ether oxygens (including phenoxy) is 2. The molecule has 0 N–H and O–H groups in total. The molecule has 0 bridgehead atoms. The van der Waals surface area contributed by atoms with Crippen LogP contribution in [0, 0.1) is 19.7 Å². The van der Waals surface area contributed by atoms with Gasteiger partial charge in [0.1, 0.15) is 16.4 Å². The summed E-state index contributed by atoms with van der Waals surface area (Å²) in [6.07, 6.45) is 2.95. The summed E-state index contributed by atoms with van der Waals surface area (Å²) in [6.45, 7) is 3.67. The Morgan fingerprint density at radius 1 is 1.00 bits per heavy atom. The number of ketones is 1. The van der Waals surface area contributed by atoms with Crippen molar-refractivity contribution < 1.29 is 23.5 Å². The Morgan fingerprint density at radius 3 is 2.32 bits per heavy atom. The van der Waals surface area contributed by atoms with Crippen LogP contribution in [0.25, 0.3) is 16.2 Å². The molecule has 0 saturated heterocycles. The molecule has 3 aromatic carbocycles. The smallest absolute Gasteiger partial charge is 0.330 e. The van der Waals surface area contributed by atoms with Gasteiger partial charge < -0.3 is 9.47 Å². The number of thiophene rings is 1. The third-order valence-corrected chi connectivity index (χ3v) is 6.60. The highest BCUT2D eigenvalue weighted by Gasteiger charge is 2.25. The zero-order valence-electron chi connectivity index (χ0n) is 18.6. The maximum Gasteiger partial charge on any atom is 0.330 e. The summed E-state index contributed by atoms with van der Waals surface area (Å²) in [7, 11) is 1.31. The molecule has 7 heteroatoms. The van der Waals surface area contributed by atoms with E-state index >= 15 is 0 Å². The Balaban J connectivity index is 1.76. The second-order valence-corrected chi connectivity index (χ2v) is 9.16. The molecule has 172 valence electrons. The lowest BCUT2D eigenvalue weighted by molar-refractivity contribution is -0.134. The number of carbonyl (C=O) groups is 2. The van der Waals surface area contributed by atoms with E-state index in [1.165, 1.54) is 36.7 Å². The number of carbonyl (C=O) groups excluding carboxylic acids is 2. The SMILES string of the molecule is COC(=O)/C=C/c1ccc(Oc2c(C(=O)c3c(C)cc(Cl)cc3C)sc3cc(F)ccc23)cc1. The first-order valence-electron chi connectivity index (χ1n) is 10.3. The first-order chi connectivity index (χ1) is 16.3. The van der Waals surface area contributed by atoms with E-state index in [1.54, 1.807) is 48.5 Å². The number of fused-ring (bicyclic) bond motifs is 1. The molecule has 4 nitrogen and oxygen atoms in total.